The van der Waals surface area contributed by atoms with E-state index in [4.69, 9.17) is 0 Å². The fourth-order valence-electron chi connectivity index (χ4n) is 2.41. The van der Waals surface area contributed by atoms with Crippen LogP contribution < -0.4 is 10.2 Å². The normalized spacial score (nSPS) is 14.2. The Kier molecular flexibility index (Phi) is 3.88. The minimum absolute atomic E-state index is 0.224. The fourth-order valence-corrected chi connectivity index (χ4v) is 2.41. The molecule has 1 N–H and O–H groups in total. The van der Waals surface area contributed by atoms with Crippen LogP contribution in [0.3, 0.4) is 0 Å². The Morgan fingerprint density at radius 1 is 1.29 bits per heavy atom. The number of nitrogens with zero attached hydrogens (tertiary/aromatic N) is 2. The van der Waals surface area contributed by atoms with Crippen LogP contribution in [0.15, 0.2) is 36.5 Å². The van der Waals surface area contributed by atoms with E-state index in [1.165, 1.54) is 30.5 Å². The van der Waals surface area contributed by atoms with Crippen LogP contribution in [0, 0.1) is 12.7 Å². The number of aromatic nitrogens is 1. The Hall–Kier alpha value is -1.94. The van der Waals surface area contributed by atoms with Gasteiger partial charge in [0.1, 0.15) is 11.6 Å². The van der Waals surface area contributed by atoms with Crippen LogP contribution >= 0.6 is 0 Å². The highest BCUT2D eigenvalue weighted by Gasteiger charge is 2.20. The van der Waals surface area contributed by atoms with Gasteiger partial charge >= 0.3 is 0 Å². The van der Waals surface area contributed by atoms with E-state index in [9.17, 15) is 4.39 Å². The predicted molar refractivity (Wildman–Crippen MR) is 83.3 cm³/mol. The van der Waals surface area contributed by atoms with E-state index in [0.717, 1.165) is 23.6 Å². The van der Waals surface area contributed by atoms with E-state index in [-0.39, 0.29) is 5.82 Å². The molecule has 1 saturated carbocycles. The van der Waals surface area contributed by atoms with Crippen LogP contribution in [0.4, 0.5) is 15.9 Å². The Labute approximate surface area is 124 Å². The Morgan fingerprint density at radius 3 is 2.62 bits per heavy atom. The second kappa shape index (κ2) is 5.82. The van der Waals surface area contributed by atoms with E-state index in [2.05, 4.69) is 23.3 Å². The molecule has 1 aromatic carbocycles. The first-order valence-electron chi connectivity index (χ1n) is 7.31. The third-order valence-electron chi connectivity index (χ3n) is 3.81. The number of hydrogen-bond donors (Lipinski definition) is 1. The number of nitrogens with one attached hydrogen (secondary N) is 1. The maximum Gasteiger partial charge on any atom is 0.135 e. The highest BCUT2D eigenvalue weighted by Crippen LogP contribution is 2.25. The zero-order valence-electron chi connectivity index (χ0n) is 12.4. The summed E-state index contributed by atoms with van der Waals surface area (Å²) in [5, 5.41) is 3.49. The summed E-state index contributed by atoms with van der Waals surface area (Å²) < 4.78 is 13.0. The van der Waals surface area contributed by atoms with Crippen molar-refractivity contribution in [3.63, 3.8) is 0 Å². The molecule has 110 valence electrons. The lowest BCUT2D eigenvalue weighted by atomic mass is 10.2. The van der Waals surface area contributed by atoms with Crippen molar-refractivity contribution < 1.29 is 4.39 Å². The molecule has 1 aliphatic rings. The molecule has 1 fully saturated rings. The molecule has 1 aliphatic carbocycles. The largest absolute Gasteiger partial charge is 0.329 e. The van der Waals surface area contributed by atoms with Crippen LogP contribution in [0.1, 0.15) is 24.0 Å². The quantitative estimate of drug-likeness (QED) is 0.910. The van der Waals surface area contributed by atoms with Crippen LogP contribution in [-0.4, -0.2) is 18.1 Å². The van der Waals surface area contributed by atoms with E-state index in [1.807, 2.05) is 18.1 Å². The van der Waals surface area contributed by atoms with E-state index >= 15 is 0 Å². The highest BCUT2D eigenvalue weighted by atomic mass is 19.1. The second-order valence-electron chi connectivity index (χ2n) is 5.67. The lowest BCUT2D eigenvalue weighted by Gasteiger charge is -2.20. The number of hydrogen-bond acceptors (Lipinski definition) is 3. The first-order chi connectivity index (χ1) is 10.1. The minimum Gasteiger partial charge on any atom is -0.329 e. The van der Waals surface area contributed by atoms with Gasteiger partial charge in [0.15, 0.2) is 0 Å². The predicted octanol–water partition coefficient (Wildman–Crippen LogP) is 3.55. The van der Waals surface area contributed by atoms with Gasteiger partial charge in [-0.1, -0.05) is 0 Å². The SMILES string of the molecule is Cc1cc(CNC2CC2)cnc1N(C)c1ccc(F)cc1. The van der Waals surface area contributed by atoms with Gasteiger partial charge in [0.05, 0.1) is 0 Å². The number of anilines is 2. The molecular formula is C17H20FN3. The third kappa shape index (κ3) is 3.39. The van der Waals surface area contributed by atoms with Crippen LogP contribution in [0.2, 0.25) is 0 Å². The van der Waals surface area contributed by atoms with Crippen molar-refractivity contribution in [2.75, 3.05) is 11.9 Å². The molecule has 1 aromatic heterocycles. The molecule has 3 nitrogen and oxygen atoms in total. The Bertz CT molecular complexity index is 620. The number of halogens is 1. The minimum atomic E-state index is -0.224. The zero-order chi connectivity index (χ0) is 14.8. The van der Waals surface area contributed by atoms with E-state index in [1.54, 1.807) is 12.1 Å². The van der Waals surface area contributed by atoms with Crippen molar-refractivity contribution in [2.45, 2.75) is 32.4 Å². The number of rotatable bonds is 5. The molecule has 1 heterocycles. The fraction of sp³-hybridized carbons (Fsp3) is 0.353. The van der Waals surface area contributed by atoms with Crippen molar-refractivity contribution in [2.24, 2.45) is 0 Å². The van der Waals surface area contributed by atoms with Gasteiger partial charge in [-0.15, -0.1) is 0 Å². The third-order valence-corrected chi connectivity index (χ3v) is 3.81. The molecule has 4 heteroatoms. The van der Waals surface area contributed by atoms with Crippen molar-refractivity contribution in [3.8, 4) is 0 Å². The van der Waals surface area contributed by atoms with Gasteiger partial charge in [-0.3, -0.25) is 0 Å². The maximum atomic E-state index is 13.0. The lowest BCUT2D eigenvalue weighted by molar-refractivity contribution is 0.628. The van der Waals surface area contributed by atoms with Gasteiger partial charge in [-0.2, -0.15) is 0 Å². The molecule has 2 aromatic rings. The van der Waals surface area contributed by atoms with Crippen molar-refractivity contribution in [1.29, 1.82) is 0 Å². The lowest BCUT2D eigenvalue weighted by Crippen LogP contribution is -2.17. The topological polar surface area (TPSA) is 28.2 Å². The standard InChI is InChI=1S/C17H20FN3/c1-12-9-13(10-19-15-5-6-15)11-20-17(12)21(2)16-7-3-14(18)4-8-16/h3-4,7-9,11,15,19H,5-6,10H2,1-2H3. The zero-order valence-corrected chi connectivity index (χ0v) is 12.4. The maximum absolute atomic E-state index is 13.0. The van der Waals surface area contributed by atoms with Gasteiger partial charge < -0.3 is 10.2 Å². The summed E-state index contributed by atoms with van der Waals surface area (Å²) in [6, 6.07) is 9.33. The molecule has 0 bridgehead atoms. The van der Waals surface area contributed by atoms with Crippen LogP contribution in [0.25, 0.3) is 0 Å². The van der Waals surface area contributed by atoms with Gasteiger partial charge in [-0.25, -0.2) is 9.37 Å². The van der Waals surface area contributed by atoms with Gasteiger partial charge in [0.2, 0.25) is 0 Å². The molecule has 0 aliphatic heterocycles. The van der Waals surface area contributed by atoms with Crippen molar-refractivity contribution in [3.05, 3.63) is 53.5 Å². The molecule has 0 saturated heterocycles. The number of benzene rings is 1. The van der Waals surface area contributed by atoms with E-state index in [0.29, 0.717) is 6.04 Å². The molecule has 0 amide bonds. The van der Waals surface area contributed by atoms with Gasteiger partial charge in [0.25, 0.3) is 0 Å². The molecular weight excluding hydrogens is 265 g/mol. The molecule has 0 spiro atoms. The van der Waals surface area contributed by atoms with Crippen molar-refractivity contribution in [1.82, 2.24) is 10.3 Å². The van der Waals surface area contributed by atoms with Gasteiger partial charge in [-0.05, 0) is 61.2 Å². The first-order valence-corrected chi connectivity index (χ1v) is 7.31. The molecule has 0 unspecified atom stereocenters. The monoisotopic (exact) mass is 285 g/mol. The number of aryl methyl sites for hydroxylation is 1. The Balaban J connectivity index is 1.75. The van der Waals surface area contributed by atoms with Gasteiger partial charge in [0, 0.05) is 31.5 Å². The molecule has 3 rings (SSSR count). The summed E-state index contributed by atoms with van der Waals surface area (Å²) in [5.74, 6) is 0.676. The molecule has 0 atom stereocenters. The summed E-state index contributed by atoms with van der Waals surface area (Å²) in [4.78, 5) is 6.55. The summed E-state index contributed by atoms with van der Waals surface area (Å²) in [6.07, 6.45) is 4.49. The van der Waals surface area contributed by atoms with Crippen LogP contribution in [-0.2, 0) is 6.54 Å². The van der Waals surface area contributed by atoms with Crippen molar-refractivity contribution >= 4 is 11.5 Å². The van der Waals surface area contributed by atoms with E-state index < -0.39 is 0 Å². The first kappa shape index (κ1) is 14.0. The number of pyridine rings is 1. The molecule has 21 heavy (non-hydrogen) atoms. The summed E-state index contributed by atoms with van der Waals surface area (Å²) >= 11 is 0. The average Bonchev–Trinajstić information content (AvgIpc) is 3.29. The smallest absolute Gasteiger partial charge is 0.135 e. The Morgan fingerprint density at radius 2 is 2.00 bits per heavy atom. The van der Waals surface area contributed by atoms with Crippen LogP contribution in [0.5, 0.6) is 0 Å². The summed E-state index contributed by atoms with van der Waals surface area (Å²) in [6.45, 7) is 2.93. The highest BCUT2D eigenvalue weighted by molar-refractivity contribution is 5.61. The average molecular weight is 285 g/mol. The summed E-state index contributed by atoms with van der Waals surface area (Å²) in [7, 11) is 1.95. The summed E-state index contributed by atoms with van der Waals surface area (Å²) in [5.41, 5.74) is 3.25. The molecule has 0 radical (unpaired) electrons. The second-order valence-corrected chi connectivity index (χ2v) is 5.67.